The number of para-hydroxylation sites is 1. The van der Waals surface area contributed by atoms with Crippen LogP contribution in [0.3, 0.4) is 0 Å². The van der Waals surface area contributed by atoms with Gasteiger partial charge in [-0.3, -0.25) is 4.79 Å². The van der Waals surface area contributed by atoms with Gasteiger partial charge in [0.2, 0.25) is 5.91 Å². The molecule has 3 aromatic rings. The van der Waals surface area contributed by atoms with E-state index >= 15 is 0 Å². The Morgan fingerprint density at radius 3 is 2.31 bits per heavy atom. The summed E-state index contributed by atoms with van der Waals surface area (Å²) in [7, 11) is 0. The molecule has 2 aromatic carbocycles. The Balaban J connectivity index is 1.44. The summed E-state index contributed by atoms with van der Waals surface area (Å²) in [6.07, 6.45) is 4.02. The number of anilines is 1. The third kappa shape index (κ3) is 4.31. The van der Waals surface area contributed by atoms with E-state index in [4.69, 9.17) is 0 Å². The highest BCUT2D eigenvalue weighted by Gasteiger charge is 2.26. The highest BCUT2D eigenvalue weighted by Crippen LogP contribution is 2.25. The molecule has 0 radical (unpaired) electrons. The van der Waals surface area contributed by atoms with Crippen LogP contribution in [-0.2, 0) is 4.79 Å². The molecular formula is C23H23F2N3O. The molecular weight excluding hydrogens is 372 g/mol. The summed E-state index contributed by atoms with van der Waals surface area (Å²) in [6, 6.07) is 16.6. The van der Waals surface area contributed by atoms with E-state index in [2.05, 4.69) is 0 Å². The Morgan fingerprint density at radius 1 is 0.897 bits per heavy atom. The second-order valence-corrected chi connectivity index (χ2v) is 7.22. The third-order valence-electron chi connectivity index (χ3n) is 5.41. The number of hydrogen-bond acceptors (Lipinski definition) is 2. The summed E-state index contributed by atoms with van der Waals surface area (Å²) in [6.45, 7) is 2.24. The topological polar surface area (TPSA) is 28.5 Å². The van der Waals surface area contributed by atoms with Crippen LogP contribution in [-0.4, -0.2) is 41.6 Å². The number of carbonyl (C=O) groups excluding carboxylic acids is 1. The van der Waals surface area contributed by atoms with Gasteiger partial charge in [0.15, 0.2) is 0 Å². The SMILES string of the molecule is O=C(CC(c1cccc(F)c1)n1cccc1)N1CCN(c2ccccc2F)CC1. The Kier molecular flexibility index (Phi) is 5.60. The number of carbonyl (C=O) groups is 1. The molecule has 0 N–H and O–H groups in total. The zero-order valence-corrected chi connectivity index (χ0v) is 16.0. The maximum Gasteiger partial charge on any atom is 0.225 e. The van der Waals surface area contributed by atoms with Crippen molar-refractivity contribution in [2.45, 2.75) is 12.5 Å². The fourth-order valence-electron chi connectivity index (χ4n) is 3.86. The van der Waals surface area contributed by atoms with E-state index in [1.165, 1.54) is 18.2 Å². The summed E-state index contributed by atoms with van der Waals surface area (Å²) in [5.74, 6) is -0.544. The number of aromatic nitrogens is 1. The van der Waals surface area contributed by atoms with Crippen LogP contribution in [0.5, 0.6) is 0 Å². The minimum absolute atomic E-state index is 0.0149. The number of hydrogen-bond donors (Lipinski definition) is 0. The molecule has 1 fully saturated rings. The fraction of sp³-hybridized carbons (Fsp3) is 0.261. The second kappa shape index (κ2) is 8.47. The molecule has 6 heteroatoms. The Hall–Kier alpha value is -3.15. The lowest BCUT2D eigenvalue weighted by molar-refractivity contribution is -0.132. The lowest BCUT2D eigenvalue weighted by Crippen LogP contribution is -2.49. The molecule has 1 amide bonds. The monoisotopic (exact) mass is 395 g/mol. The van der Waals surface area contributed by atoms with Crippen LogP contribution in [0.2, 0.25) is 0 Å². The summed E-state index contributed by atoms with van der Waals surface area (Å²) in [5.41, 5.74) is 1.34. The average molecular weight is 395 g/mol. The van der Waals surface area contributed by atoms with Crippen LogP contribution in [0.4, 0.5) is 14.5 Å². The largest absolute Gasteiger partial charge is 0.366 e. The van der Waals surface area contributed by atoms with E-state index in [1.807, 2.05) is 51.0 Å². The molecule has 1 unspecified atom stereocenters. The van der Waals surface area contributed by atoms with Gasteiger partial charge in [-0.25, -0.2) is 8.78 Å². The molecule has 4 rings (SSSR count). The summed E-state index contributed by atoms with van der Waals surface area (Å²) < 4.78 is 29.7. The van der Waals surface area contributed by atoms with Crippen LogP contribution in [0.25, 0.3) is 0 Å². The van der Waals surface area contributed by atoms with Gasteiger partial charge >= 0.3 is 0 Å². The first-order valence-electron chi connectivity index (χ1n) is 9.77. The highest BCUT2D eigenvalue weighted by atomic mass is 19.1. The van der Waals surface area contributed by atoms with Gasteiger partial charge in [0.1, 0.15) is 11.6 Å². The zero-order valence-electron chi connectivity index (χ0n) is 16.0. The molecule has 2 heterocycles. The van der Waals surface area contributed by atoms with E-state index in [0.29, 0.717) is 31.9 Å². The fourth-order valence-corrected chi connectivity index (χ4v) is 3.86. The number of amides is 1. The number of piperazine rings is 1. The van der Waals surface area contributed by atoms with E-state index in [-0.39, 0.29) is 30.0 Å². The Labute approximate surface area is 169 Å². The van der Waals surface area contributed by atoms with E-state index in [1.54, 1.807) is 18.2 Å². The molecule has 1 aliphatic heterocycles. The van der Waals surface area contributed by atoms with Crippen molar-refractivity contribution in [3.63, 3.8) is 0 Å². The molecule has 0 saturated carbocycles. The Morgan fingerprint density at radius 2 is 1.62 bits per heavy atom. The first-order valence-corrected chi connectivity index (χ1v) is 9.77. The molecule has 0 bridgehead atoms. The van der Waals surface area contributed by atoms with Gasteiger partial charge < -0.3 is 14.4 Å². The van der Waals surface area contributed by atoms with Crippen molar-refractivity contribution in [1.29, 1.82) is 0 Å². The van der Waals surface area contributed by atoms with Gasteiger partial charge in [0.25, 0.3) is 0 Å². The van der Waals surface area contributed by atoms with Crippen molar-refractivity contribution in [3.05, 3.63) is 90.3 Å². The number of benzene rings is 2. The van der Waals surface area contributed by atoms with Crippen molar-refractivity contribution in [2.75, 3.05) is 31.1 Å². The van der Waals surface area contributed by atoms with Crippen molar-refractivity contribution in [2.24, 2.45) is 0 Å². The summed E-state index contributed by atoms with van der Waals surface area (Å²) in [5, 5.41) is 0. The quantitative estimate of drug-likeness (QED) is 0.651. The molecule has 1 aliphatic rings. The van der Waals surface area contributed by atoms with Gasteiger partial charge in [0, 0.05) is 38.6 Å². The summed E-state index contributed by atoms with van der Waals surface area (Å²) >= 11 is 0. The van der Waals surface area contributed by atoms with Crippen LogP contribution >= 0.6 is 0 Å². The van der Waals surface area contributed by atoms with Crippen LogP contribution in [0.1, 0.15) is 18.0 Å². The van der Waals surface area contributed by atoms with Gasteiger partial charge in [-0.15, -0.1) is 0 Å². The molecule has 1 aromatic heterocycles. The molecule has 150 valence electrons. The third-order valence-corrected chi connectivity index (χ3v) is 5.41. The van der Waals surface area contributed by atoms with Crippen LogP contribution in [0, 0.1) is 11.6 Å². The van der Waals surface area contributed by atoms with Crippen molar-refractivity contribution in [3.8, 4) is 0 Å². The standard InChI is InChI=1S/C23H23F2N3O/c24-19-7-5-6-18(16-19)22(26-10-3-4-11-26)17-23(29)28-14-12-27(13-15-28)21-9-2-1-8-20(21)25/h1-11,16,22H,12-15,17H2. The van der Waals surface area contributed by atoms with Gasteiger partial charge in [0.05, 0.1) is 18.2 Å². The molecule has 29 heavy (non-hydrogen) atoms. The molecule has 1 saturated heterocycles. The Bertz CT molecular complexity index is 966. The lowest BCUT2D eigenvalue weighted by atomic mass is 10.0. The average Bonchev–Trinajstić information content (AvgIpc) is 3.27. The first kappa shape index (κ1) is 19.2. The number of nitrogens with zero attached hydrogens (tertiary/aromatic N) is 3. The van der Waals surface area contributed by atoms with E-state index in [0.717, 1.165) is 5.56 Å². The smallest absolute Gasteiger partial charge is 0.225 e. The predicted octanol–water partition coefficient (Wildman–Crippen LogP) is 4.09. The lowest BCUT2D eigenvalue weighted by Gasteiger charge is -2.37. The van der Waals surface area contributed by atoms with Crippen LogP contribution < -0.4 is 4.90 Å². The predicted molar refractivity (Wildman–Crippen MR) is 109 cm³/mol. The maximum atomic E-state index is 14.0. The molecule has 0 spiro atoms. The minimum Gasteiger partial charge on any atom is -0.366 e. The summed E-state index contributed by atoms with van der Waals surface area (Å²) in [4.78, 5) is 16.8. The second-order valence-electron chi connectivity index (χ2n) is 7.22. The normalized spacial score (nSPS) is 15.4. The zero-order chi connectivity index (χ0) is 20.2. The molecule has 4 nitrogen and oxygen atoms in total. The highest BCUT2D eigenvalue weighted by molar-refractivity contribution is 5.77. The molecule has 1 atom stereocenters. The van der Waals surface area contributed by atoms with Crippen molar-refractivity contribution >= 4 is 11.6 Å². The minimum atomic E-state index is -0.314. The first-order chi connectivity index (χ1) is 14.1. The van der Waals surface area contributed by atoms with Crippen LogP contribution in [0.15, 0.2) is 73.1 Å². The maximum absolute atomic E-state index is 14.0. The molecule has 0 aliphatic carbocycles. The van der Waals surface area contributed by atoms with E-state index in [9.17, 15) is 13.6 Å². The van der Waals surface area contributed by atoms with Gasteiger partial charge in [-0.1, -0.05) is 24.3 Å². The van der Waals surface area contributed by atoms with Crippen molar-refractivity contribution in [1.82, 2.24) is 9.47 Å². The van der Waals surface area contributed by atoms with Gasteiger partial charge in [-0.2, -0.15) is 0 Å². The number of halogens is 2. The van der Waals surface area contributed by atoms with E-state index < -0.39 is 0 Å². The number of rotatable bonds is 5. The van der Waals surface area contributed by atoms with Gasteiger partial charge in [-0.05, 0) is 42.0 Å². The van der Waals surface area contributed by atoms with Crippen molar-refractivity contribution < 1.29 is 13.6 Å².